The van der Waals surface area contributed by atoms with E-state index in [0.29, 0.717) is 11.3 Å². The van der Waals surface area contributed by atoms with Gasteiger partial charge in [-0.2, -0.15) is 0 Å². The van der Waals surface area contributed by atoms with E-state index in [-0.39, 0.29) is 5.41 Å². The van der Waals surface area contributed by atoms with Crippen LogP contribution >= 0.6 is 0 Å². The molecule has 2 rings (SSSR count). The van der Waals surface area contributed by atoms with Crippen molar-refractivity contribution in [3.8, 4) is 0 Å². The summed E-state index contributed by atoms with van der Waals surface area (Å²) in [7, 11) is -1.50. The van der Waals surface area contributed by atoms with Gasteiger partial charge in [-0.1, -0.05) is 19.9 Å². The highest BCUT2D eigenvalue weighted by Crippen LogP contribution is 2.66. The van der Waals surface area contributed by atoms with Crippen LogP contribution in [0.15, 0.2) is 24.5 Å². The van der Waals surface area contributed by atoms with E-state index in [0.717, 1.165) is 0 Å². The number of hydrogen-bond acceptors (Lipinski definition) is 1. The second kappa shape index (κ2) is 3.25. The molecule has 2 atom stereocenters. The molecule has 0 N–H and O–H groups in total. The summed E-state index contributed by atoms with van der Waals surface area (Å²) in [5.41, 5.74) is 0.404. The van der Waals surface area contributed by atoms with Gasteiger partial charge in [0.15, 0.2) is 0 Å². The van der Waals surface area contributed by atoms with Gasteiger partial charge in [0.25, 0.3) is 0 Å². The molecule has 0 radical (unpaired) electrons. The van der Waals surface area contributed by atoms with Crippen molar-refractivity contribution < 1.29 is 4.43 Å². The zero-order valence-electron chi connectivity index (χ0n) is 11.3. The van der Waals surface area contributed by atoms with Gasteiger partial charge in [0.2, 0.25) is 8.32 Å². The second-order valence-corrected chi connectivity index (χ2v) is 11.2. The first-order chi connectivity index (χ1) is 7.23. The molecule has 2 aliphatic rings. The Hall–Kier alpha value is -0.503. The van der Waals surface area contributed by atoms with E-state index in [2.05, 4.69) is 52.2 Å². The van der Waals surface area contributed by atoms with Crippen molar-refractivity contribution in [1.82, 2.24) is 0 Å². The quantitative estimate of drug-likeness (QED) is 0.523. The summed E-state index contributed by atoms with van der Waals surface area (Å²) in [5.74, 6) is 1.90. The van der Waals surface area contributed by atoms with Gasteiger partial charge in [0.1, 0.15) is 0 Å². The number of rotatable bonds is 3. The van der Waals surface area contributed by atoms with Crippen molar-refractivity contribution in [2.24, 2.45) is 16.7 Å². The smallest absolute Gasteiger partial charge is 0.241 e. The molecule has 1 saturated carbocycles. The Bertz CT molecular complexity index is 348. The highest BCUT2D eigenvalue weighted by atomic mass is 28.4. The Balaban J connectivity index is 2.36. The van der Waals surface area contributed by atoms with Gasteiger partial charge in [-0.15, -0.1) is 6.58 Å². The third-order valence-electron chi connectivity index (χ3n) is 4.48. The molecule has 1 nitrogen and oxygen atoms in total. The zero-order valence-corrected chi connectivity index (χ0v) is 12.3. The average molecular weight is 236 g/mol. The molecular weight excluding hydrogens is 212 g/mol. The zero-order chi connectivity index (χ0) is 12.2. The number of allylic oxidation sites excluding steroid dienone is 2. The van der Waals surface area contributed by atoms with Crippen LogP contribution in [0.5, 0.6) is 0 Å². The van der Waals surface area contributed by atoms with Crippen molar-refractivity contribution in [2.75, 3.05) is 0 Å². The monoisotopic (exact) mass is 236 g/mol. The topological polar surface area (TPSA) is 9.23 Å². The first-order valence-electron chi connectivity index (χ1n) is 6.28. The maximum Gasteiger partial charge on any atom is 0.241 e. The standard InChI is InChI=1S/C14H24OSi/c1-7-14-9-8-11(13(14,2)3)10-12(14)15-16(4,5)6/h7,10-11H,1,8-9H2,2-6H3/t11-,14+/m1/s1. The fourth-order valence-electron chi connectivity index (χ4n) is 3.38. The third-order valence-corrected chi connectivity index (χ3v) is 5.32. The molecule has 0 amide bonds. The lowest BCUT2D eigenvalue weighted by Crippen LogP contribution is -2.36. The summed E-state index contributed by atoms with van der Waals surface area (Å²) < 4.78 is 6.29. The van der Waals surface area contributed by atoms with Gasteiger partial charge < -0.3 is 4.43 Å². The molecule has 2 bridgehead atoms. The molecule has 0 unspecified atom stereocenters. The first-order valence-corrected chi connectivity index (χ1v) is 9.69. The van der Waals surface area contributed by atoms with E-state index in [1.807, 2.05) is 0 Å². The van der Waals surface area contributed by atoms with Crippen LogP contribution in [-0.4, -0.2) is 8.32 Å². The summed E-state index contributed by atoms with van der Waals surface area (Å²) in [4.78, 5) is 0. The van der Waals surface area contributed by atoms with Crippen molar-refractivity contribution in [3.63, 3.8) is 0 Å². The van der Waals surface area contributed by atoms with Crippen LogP contribution in [0.3, 0.4) is 0 Å². The molecule has 90 valence electrons. The Morgan fingerprint density at radius 1 is 1.44 bits per heavy atom. The van der Waals surface area contributed by atoms with Crippen LogP contribution in [0.4, 0.5) is 0 Å². The van der Waals surface area contributed by atoms with Gasteiger partial charge >= 0.3 is 0 Å². The molecule has 1 fully saturated rings. The maximum absolute atomic E-state index is 6.29. The van der Waals surface area contributed by atoms with E-state index >= 15 is 0 Å². The first kappa shape index (κ1) is 12.0. The van der Waals surface area contributed by atoms with Gasteiger partial charge in [0.05, 0.1) is 5.76 Å². The lowest BCUT2D eigenvalue weighted by molar-refractivity contribution is 0.158. The predicted octanol–water partition coefficient (Wildman–Crippen LogP) is 4.34. The molecule has 0 saturated heterocycles. The van der Waals surface area contributed by atoms with E-state index in [1.165, 1.54) is 18.6 Å². The van der Waals surface area contributed by atoms with Crippen LogP contribution in [0.2, 0.25) is 19.6 Å². The molecule has 0 spiro atoms. The van der Waals surface area contributed by atoms with E-state index in [9.17, 15) is 0 Å². The van der Waals surface area contributed by atoms with Crippen molar-refractivity contribution >= 4 is 8.32 Å². The van der Waals surface area contributed by atoms with E-state index in [4.69, 9.17) is 4.43 Å². The molecule has 0 aromatic rings. The molecule has 0 aliphatic heterocycles. The van der Waals surface area contributed by atoms with E-state index in [1.54, 1.807) is 0 Å². The summed E-state index contributed by atoms with van der Waals surface area (Å²) in [5, 5.41) is 0. The molecular formula is C14H24OSi. The fraction of sp³-hybridized carbons (Fsp3) is 0.714. The predicted molar refractivity (Wildman–Crippen MR) is 71.6 cm³/mol. The normalized spacial score (nSPS) is 36.1. The van der Waals surface area contributed by atoms with Gasteiger partial charge in [0, 0.05) is 5.41 Å². The Morgan fingerprint density at radius 2 is 2.06 bits per heavy atom. The third kappa shape index (κ3) is 1.42. The van der Waals surface area contributed by atoms with Crippen LogP contribution in [0, 0.1) is 16.7 Å². The summed E-state index contributed by atoms with van der Waals surface area (Å²) in [6.45, 7) is 15.6. The number of fused-ring (bicyclic) bond motifs is 2. The van der Waals surface area contributed by atoms with Gasteiger partial charge in [-0.05, 0) is 49.9 Å². The lowest BCUT2D eigenvalue weighted by Gasteiger charge is -2.39. The van der Waals surface area contributed by atoms with Crippen LogP contribution in [-0.2, 0) is 4.43 Å². The Labute approximate surface area is 101 Å². The summed E-state index contributed by atoms with van der Waals surface area (Å²) in [6, 6.07) is 0. The van der Waals surface area contributed by atoms with E-state index < -0.39 is 8.32 Å². The van der Waals surface area contributed by atoms with Crippen molar-refractivity contribution in [1.29, 1.82) is 0 Å². The molecule has 0 aromatic heterocycles. The summed E-state index contributed by atoms with van der Waals surface area (Å²) in [6.07, 6.45) is 7.03. The Morgan fingerprint density at radius 3 is 2.50 bits per heavy atom. The minimum atomic E-state index is -1.50. The van der Waals surface area contributed by atoms with Gasteiger partial charge in [-0.3, -0.25) is 0 Å². The summed E-state index contributed by atoms with van der Waals surface area (Å²) >= 11 is 0. The molecule has 2 heteroatoms. The molecule has 0 aromatic carbocycles. The fourth-order valence-corrected chi connectivity index (χ4v) is 4.29. The Kier molecular flexibility index (Phi) is 2.43. The lowest BCUT2D eigenvalue weighted by atomic mass is 9.68. The number of hydrogen-bond donors (Lipinski definition) is 0. The molecule has 16 heavy (non-hydrogen) atoms. The highest BCUT2D eigenvalue weighted by Gasteiger charge is 2.59. The molecule has 2 aliphatic carbocycles. The average Bonchev–Trinajstić information content (AvgIpc) is 2.48. The largest absolute Gasteiger partial charge is 0.547 e. The highest BCUT2D eigenvalue weighted by molar-refractivity contribution is 6.70. The van der Waals surface area contributed by atoms with Crippen molar-refractivity contribution in [2.45, 2.75) is 46.3 Å². The van der Waals surface area contributed by atoms with Gasteiger partial charge in [-0.25, -0.2) is 0 Å². The van der Waals surface area contributed by atoms with Crippen LogP contribution in [0.25, 0.3) is 0 Å². The molecule has 0 heterocycles. The van der Waals surface area contributed by atoms with Crippen molar-refractivity contribution in [3.05, 3.63) is 24.5 Å². The van der Waals surface area contributed by atoms with Crippen LogP contribution in [0.1, 0.15) is 26.7 Å². The van der Waals surface area contributed by atoms with Crippen LogP contribution < -0.4 is 0 Å². The minimum Gasteiger partial charge on any atom is -0.547 e. The SMILES string of the molecule is C=C[C@]12CC[C@H](C=C1O[Si](C)(C)C)C2(C)C. The maximum atomic E-state index is 6.29. The minimum absolute atomic E-state index is 0.109. The second-order valence-electron chi connectivity index (χ2n) is 6.79.